The average molecular weight is 435 g/mol. The molecule has 156 valence electrons. The van der Waals surface area contributed by atoms with E-state index in [9.17, 15) is 9.18 Å². The summed E-state index contributed by atoms with van der Waals surface area (Å²) in [5.74, 6) is -0.675. The second-order valence-corrected chi connectivity index (χ2v) is 7.88. The van der Waals surface area contributed by atoms with Gasteiger partial charge in [0.25, 0.3) is 5.91 Å². The number of carbonyl (C=O) groups is 1. The summed E-state index contributed by atoms with van der Waals surface area (Å²) in [5, 5.41) is 11.1. The largest absolute Gasteiger partial charge is 0.378 e. The van der Waals surface area contributed by atoms with Crippen LogP contribution in [0.4, 0.5) is 15.8 Å². The fourth-order valence-electron chi connectivity index (χ4n) is 2.80. The molecule has 0 atom stereocenters. The van der Waals surface area contributed by atoms with E-state index in [0.717, 1.165) is 30.3 Å². The molecule has 1 aromatic carbocycles. The van der Waals surface area contributed by atoms with Crippen LogP contribution in [0.1, 0.15) is 40.5 Å². The third-order valence-electron chi connectivity index (χ3n) is 4.48. The Morgan fingerprint density at radius 3 is 2.55 bits per heavy atom. The van der Waals surface area contributed by atoms with Crippen molar-refractivity contribution in [3.05, 3.63) is 77.9 Å². The molecular weight excluding hydrogens is 417 g/mol. The summed E-state index contributed by atoms with van der Waals surface area (Å²) < 4.78 is 13.1. The average Bonchev–Trinajstić information content (AvgIpc) is 3.60. The molecule has 0 aliphatic heterocycles. The number of halogens is 1. The van der Waals surface area contributed by atoms with Crippen LogP contribution in [0.2, 0.25) is 0 Å². The van der Waals surface area contributed by atoms with E-state index in [1.807, 2.05) is 6.07 Å². The third-order valence-corrected chi connectivity index (χ3v) is 5.22. The third kappa shape index (κ3) is 5.28. The lowest BCUT2D eigenvalue weighted by Gasteiger charge is -2.11. The van der Waals surface area contributed by atoms with E-state index in [4.69, 9.17) is 11.1 Å². The maximum absolute atomic E-state index is 13.1. The summed E-state index contributed by atoms with van der Waals surface area (Å²) in [7, 11) is 0. The maximum Gasteiger partial charge on any atom is 0.300 e. The van der Waals surface area contributed by atoms with E-state index in [0.29, 0.717) is 22.9 Å². The van der Waals surface area contributed by atoms with Crippen molar-refractivity contribution in [2.24, 2.45) is 10.7 Å². The highest BCUT2D eigenvalue weighted by atomic mass is 32.2. The van der Waals surface area contributed by atoms with Crippen LogP contribution in [0.25, 0.3) is 0 Å². The lowest BCUT2D eigenvalue weighted by atomic mass is 10.2. The highest BCUT2D eigenvalue weighted by molar-refractivity contribution is 8.26. The van der Waals surface area contributed by atoms with Gasteiger partial charge in [-0.3, -0.25) is 10.2 Å². The van der Waals surface area contributed by atoms with Crippen molar-refractivity contribution in [3.8, 4) is 0 Å². The standard InChI is InChI=1S/C21H18FN7OS/c22-14-5-3-13(4-6-14)19(23)31-21(24)29-20(30)18-17(27-15-9-25-11-26-10-15)8-7-16(28-18)12-1-2-12/h3-12,23,27H,1-2H2,(H2,24,29,30). The first-order valence-electron chi connectivity index (χ1n) is 9.43. The van der Waals surface area contributed by atoms with Crippen molar-refractivity contribution in [2.75, 3.05) is 5.32 Å². The Bertz CT molecular complexity index is 1150. The number of hydrogen-bond donors (Lipinski definition) is 3. The number of aliphatic imine (C=N–C) groups is 1. The molecule has 4 N–H and O–H groups in total. The number of pyridine rings is 1. The van der Waals surface area contributed by atoms with Crippen molar-refractivity contribution in [1.29, 1.82) is 5.41 Å². The molecule has 4 rings (SSSR count). The number of aromatic nitrogens is 3. The molecule has 1 amide bonds. The lowest BCUT2D eigenvalue weighted by Crippen LogP contribution is -2.15. The fourth-order valence-corrected chi connectivity index (χ4v) is 3.40. The Balaban J connectivity index is 1.56. The van der Waals surface area contributed by atoms with Gasteiger partial charge in [0.1, 0.15) is 17.2 Å². The van der Waals surface area contributed by atoms with Crippen LogP contribution in [0.15, 0.2) is 60.1 Å². The molecule has 1 saturated carbocycles. The minimum atomic E-state index is -0.626. The van der Waals surface area contributed by atoms with E-state index < -0.39 is 11.7 Å². The van der Waals surface area contributed by atoms with Gasteiger partial charge in [0.15, 0.2) is 10.9 Å². The van der Waals surface area contributed by atoms with Gasteiger partial charge in [0.2, 0.25) is 0 Å². The van der Waals surface area contributed by atoms with Gasteiger partial charge in [0, 0.05) is 17.2 Å². The fraction of sp³-hybridized carbons (Fsp3) is 0.143. The van der Waals surface area contributed by atoms with Crippen molar-refractivity contribution in [2.45, 2.75) is 18.8 Å². The molecular formula is C21H18FN7OS. The summed E-state index contributed by atoms with van der Waals surface area (Å²) >= 11 is 0.814. The van der Waals surface area contributed by atoms with Crippen molar-refractivity contribution in [3.63, 3.8) is 0 Å². The molecule has 31 heavy (non-hydrogen) atoms. The number of amidine groups is 1. The highest BCUT2D eigenvalue weighted by Gasteiger charge is 2.27. The quantitative estimate of drug-likeness (QED) is 0.410. The van der Waals surface area contributed by atoms with Crippen LogP contribution in [0.5, 0.6) is 0 Å². The number of nitrogens with one attached hydrogen (secondary N) is 2. The number of rotatable bonds is 5. The Morgan fingerprint density at radius 1 is 1.16 bits per heavy atom. The molecule has 0 saturated heterocycles. The SMILES string of the molecule is N=C(SC(N)=NC(=O)c1nc(C2CC2)ccc1Nc1cncnc1)c1ccc(F)cc1. The van der Waals surface area contributed by atoms with Crippen LogP contribution < -0.4 is 11.1 Å². The monoisotopic (exact) mass is 435 g/mol. The first-order valence-corrected chi connectivity index (χ1v) is 10.2. The summed E-state index contributed by atoms with van der Waals surface area (Å²) in [6, 6.07) is 9.09. The van der Waals surface area contributed by atoms with Crippen LogP contribution in [0.3, 0.4) is 0 Å². The van der Waals surface area contributed by atoms with Crippen LogP contribution in [-0.2, 0) is 0 Å². The number of hydrogen-bond acceptors (Lipinski definition) is 7. The molecule has 3 aromatic rings. The molecule has 8 nitrogen and oxygen atoms in total. The van der Waals surface area contributed by atoms with Crippen molar-refractivity contribution >= 4 is 39.3 Å². The highest BCUT2D eigenvalue weighted by Crippen LogP contribution is 2.39. The molecule has 0 bridgehead atoms. The zero-order valence-electron chi connectivity index (χ0n) is 16.2. The van der Waals surface area contributed by atoms with Gasteiger partial charge in [-0.05, 0) is 61.0 Å². The smallest absolute Gasteiger partial charge is 0.300 e. The van der Waals surface area contributed by atoms with Gasteiger partial charge in [-0.15, -0.1) is 0 Å². The number of amides is 1. The van der Waals surface area contributed by atoms with Crippen molar-refractivity contribution < 1.29 is 9.18 Å². The molecule has 0 spiro atoms. The van der Waals surface area contributed by atoms with Gasteiger partial charge in [-0.1, -0.05) is 0 Å². The van der Waals surface area contributed by atoms with E-state index in [1.54, 1.807) is 18.5 Å². The lowest BCUT2D eigenvalue weighted by molar-refractivity contribution is 0.0999. The van der Waals surface area contributed by atoms with E-state index in [2.05, 4.69) is 25.3 Å². The summed E-state index contributed by atoms with van der Waals surface area (Å²) in [6.45, 7) is 0. The summed E-state index contributed by atoms with van der Waals surface area (Å²) in [5.41, 5.74) is 8.39. The minimum absolute atomic E-state index is 0.0496. The Labute approximate surface area is 181 Å². The first-order chi connectivity index (χ1) is 15.0. The van der Waals surface area contributed by atoms with Gasteiger partial charge >= 0.3 is 0 Å². The molecule has 2 aromatic heterocycles. The molecule has 0 radical (unpaired) electrons. The second-order valence-electron chi connectivity index (χ2n) is 6.85. The Hall–Kier alpha value is -3.66. The minimum Gasteiger partial charge on any atom is -0.378 e. The van der Waals surface area contributed by atoms with Gasteiger partial charge in [0.05, 0.1) is 23.8 Å². The molecule has 1 fully saturated rings. The predicted octanol–water partition coefficient (Wildman–Crippen LogP) is 3.85. The number of carbonyl (C=O) groups excluding carboxylic acids is 1. The molecule has 0 unspecified atom stereocenters. The van der Waals surface area contributed by atoms with Crippen LogP contribution in [-0.4, -0.2) is 31.1 Å². The number of nitrogens with zero attached hydrogens (tertiary/aromatic N) is 4. The Morgan fingerprint density at radius 2 is 1.87 bits per heavy atom. The number of thioether (sulfide) groups is 1. The van der Waals surface area contributed by atoms with E-state index >= 15 is 0 Å². The van der Waals surface area contributed by atoms with Crippen molar-refractivity contribution in [1.82, 2.24) is 15.0 Å². The second kappa shape index (κ2) is 9.00. The normalized spacial score (nSPS) is 13.6. The number of nitrogens with two attached hydrogens (primary N) is 1. The van der Waals surface area contributed by atoms with Crippen LogP contribution in [0, 0.1) is 11.2 Å². The summed E-state index contributed by atoms with van der Waals surface area (Å²) in [6.07, 6.45) is 6.64. The maximum atomic E-state index is 13.1. The molecule has 10 heteroatoms. The van der Waals surface area contributed by atoms with Gasteiger partial charge < -0.3 is 11.1 Å². The molecule has 1 aliphatic rings. The summed E-state index contributed by atoms with van der Waals surface area (Å²) in [4.78, 5) is 29.2. The molecule has 2 heterocycles. The Kier molecular flexibility index (Phi) is 5.99. The first kappa shape index (κ1) is 20.6. The van der Waals surface area contributed by atoms with Crippen LogP contribution >= 0.6 is 11.8 Å². The topological polar surface area (TPSA) is 130 Å². The van der Waals surface area contributed by atoms with Gasteiger partial charge in [-0.2, -0.15) is 4.99 Å². The molecule has 1 aliphatic carbocycles. The zero-order valence-corrected chi connectivity index (χ0v) is 17.1. The zero-order chi connectivity index (χ0) is 21.8. The van der Waals surface area contributed by atoms with E-state index in [1.165, 1.54) is 30.6 Å². The van der Waals surface area contributed by atoms with E-state index in [-0.39, 0.29) is 15.9 Å². The predicted molar refractivity (Wildman–Crippen MR) is 118 cm³/mol. The number of anilines is 2. The van der Waals surface area contributed by atoms with Gasteiger partial charge in [-0.25, -0.2) is 19.3 Å². The number of benzene rings is 1.